The molecule has 0 bridgehead atoms. The molecule has 0 amide bonds. The Morgan fingerprint density at radius 3 is 1.38 bits per heavy atom. The third-order valence-corrected chi connectivity index (χ3v) is 10.7. The molecule has 10 rings (SSSR count). The summed E-state index contributed by atoms with van der Waals surface area (Å²) in [6, 6.07) is 37.3. The number of hydrogen-bond donors (Lipinski definition) is 8. The minimum atomic E-state index is -1.02. The Labute approximate surface area is 310 Å². The molecule has 0 radical (unpaired) electrons. The van der Waals surface area contributed by atoms with Gasteiger partial charge in [0.15, 0.2) is 23.0 Å². The highest BCUT2D eigenvalue weighted by molar-refractivity contribution is 6.31. The number of benzene rings is 9. The second-order valence-electron chi connectivity index (χ2n) is 13.6. The normalized spacial score (nSPS) is 11.9. The largest absolute Gasteiger partial charge is 0.504 e. The summed E-state index contributed by atoms with van der Waals surface area (Å²) in [5.41, 5.74) is 3.84. The minimum Gasteiger partial charge on any atom is -0.504 e. The van der Waals surface area contributed by atoms with E-state index in [9.17, 15) is 40.9 Å². The molecule has 8 N–H and O–H groups in total. The molecule has 0 aliphatic carbocycles. The zero-order valence-corrected chi connectivity index (χ0v) is 28.5. The van der Waals surface area contributed by atoms with Gasteiger partial charge in [0.1, 0.15) is 11.2 Å². The van der Waals surface area contributed by atoms with Gasteiger partial charge in [-0.2, -0.15) is 0 Å². The monoisotopic (exact) mass is 724 g/mol. The van der Waals surface area contributed by atoms with Crippen molar-refractivity contribution in [3.8, 4) is 79.4 Å². The molecule has 0 saturated carbocycles. The molecule has 0 unspecified atom stereocenters. The Morgan fingerprint density at radius 1 is 0.309 bits per heavy atom. The van der Waals surface area contributed by atoms with Crippen LogP contribution in [0.1, 0.15) is 0 Å². The van der Waals surface area contributed by atoms with Crippen molar-refractivity contribution in [3.05, 3.63) is 121 Å². The predicted octanol–water partition coefficient (Wildman–Crippen LogP) is 10.8. The van der Waals surface area contributed by atoms with Crippen molar-refractivity contribution in [1.29, 1.82) is 0 Å². The van der Waals surface area contributed by atoms with Gasteiger partial charge in [0.25, 0.3) is 0 Å². The number of phenols is 8. The van der Waals surface area contributed by atoms with Crippen LogP contribution in [-0.2, 0) is 0 Å². The Balaban J connectivity index is 1.33. The minimum absolute atomic E-state index is 0.000774. The standard InChI is InChI=1S/C46H28O9/c47-39-35-33(22-15-13-21(14-16-22)23-17-18-32-29(19-23)28-11-5-6-12-31(28)55-32)36-38(42(50)46(54)44(52)40(36)48)34(37(35)41(49)45(53)43(39)51)30-20-24-7-1-2-8-25(24)26-9-3-4-10-27(26)30/h1-20,47-54H. The number of para-hydroxylation sites is 1. The number of aromatic hydroxyl groups is 8. The summed E-state index contributed by atoms with van der Waals surface area (Å²) < 4.78 is 6.00. The average Bonchev–Trinajstić information content (AvgIpc) is 3.60. The fourth-order valence-electron chi connectivity index (χ4n) is 8.17. The summed E-state index contributed by atoms with van der Waals surface area (Å²) in [5.74, 6) is -7.42. The van der Waals surface area contributed by atoms with Gasteiger partial charge in [-0.25, -0.2) is 0 Å². The molecule has 55 heavy (non-hydrogen) atoms. The lowest BCUT2D eigenvalue weighted by molar-refractivity contribution is 0.350. The molecule has 0 saturated heterocycles. The predicted molar refractivity (Wildman–Crippen MR) is 213 cm³/mol. The summed E-state index contributed by atoms with van der Waals surface area (Å²) in [4.78, 5) is 0. The molecule has 0 aliphatic rings. The first-order valence-electron chi connectivity index (χ1n) is 17.3. The maximum Gasteiger partial charge on any atom is 0.204 e. The van der Waals surface area contributed by atoms with Gasteiger partial charge in [-0.3, -0.25) is 0 Å². The lowest BCUT2D eigenvalue weighted by Gasteiger charge is -2.23. The van der Waals surface area contributed by atoms with E-state index in [-0.39, 0.29) is 32.7 Å². The topological polar surface area (TPSA) is 175 Å². The summed E-state index contributed by atoms with van der Waals surface area (Å²) in [7, 11) is 0. The quantitative estimate of drug-likeness (QED) is 0.0381. The van der Waals surface area contributed by atoms with Crippen molar-refractivity contribution < 1.29 is 45.3 Å². The summed E-state index contributed by atoms with van der Waals surface area (Å²) in [6.45, 7) is 0. The molecule has 9 heteroatoms. The number of rotatable bonds is 3. The fraction of sp³-hybridized carbons (Fsp3) is 0. The van der Waals surface area contributed by atoms with Gasteiger partial charge in [-0.15, -0.1) is 0 Å². The number of phenolic OH excluding ortho intramolecular Hbond substituents is 8. The first-order chi connectivity index (χ1) is 26.6. The molecular formula is C46H28O9. The van der Waals surface area contributed by atoms with Crippen LogP contribution < -0.4 is 0 Å². The van der Waals surface area contributed by atoms with Gasteiger partial charge in [0.05, 0.1) is 0 Å². The Kier molecular flexibility index (Phi) is 6.59. The van der Waals surface area contributed by atoms with Crippen LogP contribution in [0.2, 0.25) is 0 Å². The molecule has 1 heterocycles. The average molecular weight is 725 g/mol. The van der Waals surface area contributed by atoms with Crippen LogP contribution in [0, 0.1) is 0 Å². The second kappa shape index (κ2) is 11.4. The fourth-order valence-corrected chi connectivity index (χ4v) is 8.17. The zero-order chi connectivity index (χ0) is 37.9. The smallest absolute Gasteiger partial charge is 0.204 e. The van der Waals surface area contributed by atoms with Gasteiger partial charge >= 0.3 is 0 Å². The Hall–Kier alpha value is -7.78. The van der Waals surface area contributed by atoms with Crippen molar-refractivity contribution in [1.82, 2.24) is 0 Å². The SMILES string of the molecule is Oc1c(O)c(O)c2c(-c3cc4ccccc4c4ccccc34)c3c(O)c(O)c(O)c(O)c3c(-c3ccc(-c4ccc5oc6ccccc6c5c4)cc3)c2c1O. The van der Waals surface area contributed by atoms with E-state index in [1.165, 1.54) is 0 Å². The van der Waals surface area contributed by atoms with Gasteiger partial charge < -0.3 is 45.3 Å². The van der Waals surface area contributed by atoms with Crippen molar-refractivity contribution in [3.63, 3.8) is 0 Å². The van der Waals surface area contributed by atoms with E-state index in [2.05, 4.69) is 0 Å². The van der Waals surface area contributed by atoms with Crippen molar-refractivity contribution in [2.45, 2.75) is 0 Å². The third kappa shape index (κ3) is 4.35. The van der Waals surface area contributed by atoms with E-state index in [1.54, 1.807) is 36.4 Å². The molecule has 266 valence electrons. The first-order valence-corrected chi connectivity index (χ1v) is 17.3. The molecule has 0 fully saturated rings. The molecule has 0 atom stereocenters. The maximum absolute atomic E-state index is 11.8. The van der Waals surface area contributed by atoms with Crippen molar-refractivity contribution in [2.24, 2.45) is 0 Å². The van der Waals surface area contributed by atoms with E-state index >= 15 is 0 Å². The van der Waals surface area contributed by atoms with Crippen LogP contribution in [0.25, 0.3) is 98.4 Å². The van der Waals surface area contributed by atoms with E-state index in [4.69, 9.17) is 4.42 Å². The summed E-state index contributed by atoms with van der Waals surface area (Å²) in [6.07, 6.45) is 0. The molecule has 1 aromatic heterocycles. The highest BCUT2D eigenvalue weighted by Gasteiger charge is 2.33. The second-order valence-corrected chi connectivity index (χ2v) is 13.6. The van der Waals surface area contributed by atoms with E-state index in [0.717, 1.165) is 49.2 Å². The van der Waals surface area contributed by atoms with Gasteiger partial charge in [-0.05, 0) is 68.1 Å². The maximum atomic E-state index is 11.8. The lowest BCUT2D eigenvalue weighted by Crippen LogP contribution is -1.95. The van der Waals surface area contributed by atoms with Crippen LogP contribution in [-0.4, -0.2) is 40.9 Å². The molecule has 0 spiro atoms. The van der Waals surface area contributed by atoms with Crippen molar-refractivity contribution in [2.75, 3.05) is 0 Å². The number of fused-ring (bicyclic) bond motifs is 8. The Morgan fingerprint density at radius 2 is 0.764 bits per heavy atom. The molecule has 10 aromatic rings. The number of furan rings is 1. The molecule has 9 nitrogen and oxygen atoms in total. The zero-order valence-electron chi connectivity index (χ0n) is 28.5. The molecular weight excluding hydrogens is 696 g/mol. The van der Waals surface area contributed by atoms with Crippen LogP contribution in [0.3, 0.4) is 0 Å². The number of hydrogen-bond acceptors (Lipinski definition) is 9. The van der Waals surface area contributed by atoms with Crippen LogP contribution in [0.15, 0.2) is 126 Å². The van der Waals surface area contributed by atoms with Gasteiger partial charge in [-0.1, -0.05) is 97.1 Å². The Bertz CT molecular complexity index is 3210. The van der Waals surface area contributed by atoms with E-state index < -0.39 is 46.0 Å². The summed E-state index contributed by atoms with van der Waals surface area (Å²) in [5, 5.41) is 95.1. The van der Waals surface area contributed by atoms with Crippen LogP contribution >= 0.6 is 0 Å². The highest BCUT2D eigenvalue weighted by Crippen LogP contribution is 2.62. The molecule has 9 aromatic carbocycles. The van der Waals surface area contributed by atoms with Gasteiger partial charge in [0, 0.05) is 43.4 Å². The first kappa shape index (κ1) is 31.9. The van der Waals surface area contributed by atoms with Crippen LogP contribution in [0.5, 0.6) is 46.0 Å². The van der Waals surface area contributed by atoms with Gasteiger partial charge in [0.2, 0.25) is 23.0 Å². The lowest BCUT2D eigenvalue weighted by atomic mass is 9.81. The van der Waals surface area contributed by atoms with E-state index in [1.807, 2.05) is 84.9 Å². The molecule has 0 aliphatic heterocycles. The third-order valence-electron chi connectivity index (χ3n) is 10.7. The highest BCUT2D eigenvalue weighted by atomic mass is 16.4. The van der Waals surface area contributed by atoms with Crippen molar-refractivity contribution >= 4 is 65.0 Å². The van der Waals surface area contributed by atoms with E-state index in [0.29, 0.717) is 16.5 Å². The summed E-state index contributed by atoms with van der Waals surface area (Å²) >= 11 is 0. The van der Waals surface area contributed by atoms with Crippen LogP contribution in [0.4, 0.5) is 0 Å².